The first kappa shape index (κ1) is 9.63. The summed E-state index contributed by atoms with van der Waals surface area (Å²) in [5, 5.41) is -0.213. The Morgan fingerprint density at radius 1 is 1.21 bits per heavy atom. The molecule has 1 aromatic carbocycles. The number of amides is 1. The number of hydrogen-bond donors (Lipinski definition) is 1. The van der Waals surface area contributed by atoms with Crippen molar-refractivity contribution >= 4 is 28.6 Å². The molecule has 0 unspecified atom stereocenters. The molecule has 1 fully saturated rings. The van der Waals surface area contributed by atoms with E-state index >= 15 is 0 Å². The second kappa shape index (κ2) is 7.26. The largest absolute Gasteiger partial charge is 0.493 e. The normalized spacial score (nSPS) is 26.8. The Hall–Kier alpha value is -3.49. The summed E-state index contributed by atoms with van der Waals surface area (Å²) in [7, 11) is 2.42. The van der Waals surface area contributed by atoms with Gasteiger partial charge < -0.3 is 29.4 Å². The highest BCUT2D eigenvalue weighted by Crippen LogP contribution is 2.34. The van der Waals surface area contributed by atoms with Crippen LogP contribution in [0.25, 0.3) is 10.9 Å². The fourth-order valence-electron chi connectivity index (χ4n) is 2.37. The van der Waals surface area contributed by atoms with E-state index in [1.54, 1.807) is 0 Å². The molecule has 9 heteroatoms. The zero-order chi connectivity index (χ0) is 28.6. The van der Waals surface area contributed by atoms with Gasteiger partial charge in [0.05, 0.1) is 39.7 Å². The highest BCUT2D eigenvalue weighted by atomic mass is 16.5. The lowest BCUT2D eigenvalue weighted by Gasteiger charge is -2.34. The van der Waals surface area contributed by atoms with Gasteiger partial charge in [0, 0.05) is 37.4 Å². The van der Waals surface area contributed by atoms with Crippen molar-refractivity contribution in [3.05, 3.63) is 36.2 Å². The topological polar surface area (TPSA) is 107 Å². The molecule has 9 nitrogen and oxygen atoms in total. The molecular formula is C19H21N5O4. The summed E-state index contributed by atoms with van der Waals surface area (Å²) in [5.41, 5.74) is 5.62. The minimum atomic E-state index is -3.54. The van der Waals surface area contributed by atoms with E-state index in [4.69, 9.17) is 33.3 Å². The lowest BCUT2D eigenvalue weighted by atomic mass is 10.2. The summed E-state index contributed by atoms with van der Waals surface area (Å²) < 4.78 is 100. The van der Waals surface area contributed by atoms with Crippen molar-refractivity contribution in [3.63, 3.8) is 0 Å². The highest BCUT2D eigenvalue weighted by molar-refractivity contribution is 5.92. The quantitative estimate of drug-likeness (QED) is 0.715. The number of furan rings is 1. The maximum Gasteiger partial charge on any atom is 0.289 e. The van der Waals surface area contributed by atoms with E-state index in [1.165, 1.54) is 20.3 Å². The summed E-state index contributed by atoms with van der Waals surface area (Å²) in [4.78, 5) is 20.7. The van der Waals surface area contributed by atoms with Crippen molar-refractivity contribution in [1.29, 1.82) is 0 Å². The van der Waals surface area contributed by atoms with Gasteiger partial charge in [-0.15, -0.1) is 0 Å². The lowest BCUT2D eigenvalue weighted by Crippen LogP contribution is -2.49. The van der Waals surface area contributed by atoms with Crippen LogP contribution in [0.3, 0.4) is 0 Å². The van der Waals surface area contributed by atoms with Crippen molar-refractivity contribution in [2.24, 2.45) is 0 Å². The predicted octanol–water partition coefficient (Wildman–Crippen LogP) is 1.78. The Morgan fingerprint density at radius 3 is 2.57 bits per heavy atom. The summed E-state index contributed by atoms with van der Waals surface area (Å²) >= 11 is 0. The van der Waals surface area contributed by atoms with Gasteiger partial charge in [-0.1, -0.05) is 0 Å². The van der Waals surface area contributed by atoms with Crippen molar-refractivity contribution in [2.75, 3.05) is 50.8 Å². The standard InChI is InChI=1S/C19H21N5O4/c1-26-15-10-12-13(11-16(15)27-2)21-19(22-17(12)20)24-7-5-23(6-8-24)18(25)14-4-3-9-28-14/h3-4,9-11H,5-8H2,1-2H3,(H2,20,21,22)/i5D2,6D2,7D2,8D2,10D,11D. The molecule has 3 heterocycles. The van der Waals surface area contributed by atoms with Crippen LogP contribution < -0.4 is 20.1 Å². The Labute approximate surface area is 175 Å². The van der Waals surface area contributed by atoms with Crippen molar-refractivity contribution in [2.45, 2.75) is 0 Å². The third-order valence-electron chi connectivity index (χ3n) is 3.69. The third-order valence-corrected chi connectivity index (χ3v) is 3.69. The number of ether oxygens (including phenoxy) is 2. The SMILES string of the molecule is [2H]c1c(OC)c(OC)c([2H])c2c(N)nc(N3C([2H])([2H])C([2H])([2H])N(C(=O)c4ccco4)C([2H])([2H])C3([2H])[2H])nc12. The van der Waals surface area contributed by atoms with E-state index in [-0.39, 0.29) is 32.7 Å². The van der Waals surface area contributed by atoms with Crippen LogP contribution in [0.5, 0.6) is 11.5 Å². The molecule has 1 amide bonds. The number of anilines is 2. The number of carbonyl (C=O) groups excluding carboxylic acids is 1. The molecule has 0 spiro atoms. The molecule has 0 aliphatic carbocycles. The zero-order valence-corrected chi connectivity index (χ0v) is 14.7. The zero-order valence-electron chi connectivity index (χ0n) is 24.7. The van der Waals surface area contributed by atoms with Crippen LogP contribution in [-0.4, -0.2) is 61.0 Å². The molecule has 28 heavy (non-hydrogen) atoms. The fourth-order valence-corrected chi connectivity index (χ4v) is 2.37. The maximum absolute atomic E-state index is 13.0. The second-order valence-corrected chi connectivity index (χ2v) is 5.35. The monoisotopic (exact) mass is 393 g/mol. The van der Waals surface area contributed by atoms with E-state index in [0.717, 1.165) is 12.3 Å². The van der Waals surface area contributed by atoms with E-state index in [2.05, 4.69) is 9.97 Å². The van der Waals surface area contributed by atoms with Gasteiger partial charge in [-0.2, -0.15) is 4.98 Å². The molecule has 1 aliphatic heterocycles. The first-order valence-corrected chi connectivity index (χ1v) is 7.85. The van der Waals surface area contributed by atoms with E-state index < -0.39 is 61.0 Å². The number of methoxy groups -OCH3 is 2. The number of nitrogen functional groups attached to an aromatic ring is 1. The number of benzene rings is 1. The van der Waals surface area contributed by atoms with Crippen LogP contribution in [0, 0.1) is 0 Å². The Kier molecular flexibility index (Phi) is 2.50. The minimum absolute atomic E-state index is 0.0124. The van der Waals surface area contributed by atoms with Gasteiger partial charge in [0.1, 0.15) is 5.82 Å². The van der Waals surface area contributed by atoms with Crippen LogP contribution >= 0.6 is 0 Å². The summed E-state index contributed by atoms with van der Waals surface area (Å²) in [6, 6.07) is 1.50. The van der Waals surface area contributed by atoms with Gasteiger partial charge in [-0.25, -0.2) is 4.98 Å². The molecule has 2 N–H and O–H groups in total. The van der Waals surface area contributed by atoms with Crippen molar-refractivity contribution in [1.82, 2.24) is 14.9 Å². The molecule has 0 radical (unpaired) electrons. The third kappa shape index (κ3) is 3.15. The van der Waals surface area contributed by atoms with Gasteiger partial charge in [-0.05, 0) is 18.2 Å². The Morgan fingerprint density at radius 2 is 1.93 bits per heavy atom. The number of nitrogens with two attached hydrogens (primary N) is 1. The summed E-state index contributed by atoms with van der Waals surface area (Å²) in [6.07, 6.45) is 1.06. The van der Waals surface area contributed by atoms with Crippen molar-refractivity contribution < 1.29 is 32.4 Å². The predicted molar refractivity (Wildman–Crippen MR) is 104 cm³/mol. The highest BCUT2D eigenvalue weighted by Gasteiger charge is 2.25. The molecule has 0 atom stereocenters. The van der Waals surface area contributed by atoms with Gasteiger partial charge in [-0.3, -0.25) is 4.79 Å². The Bertz CT molecular complexity index is 1410. The van der Waals surface area contributed by atoms with Crippen molar-refractivity contribution in [3.8, 4) is 11.5 Å². The summed E-state index contributed by atoms with van der Waals surface area (Å²) in [6.45, 7) is -14.1. The fraction of sp³-hybridized carbons (Fsp3) is 0.316. The number of rotatable bonds is 4. The molecule has 1 saturated heterocycles. The van der Waals surface area contributed by atoms with Gasteiger partial charge in [0.15, 0.2) is 17.3 Å². The van der Waals surface area contributed by atoms with Gasteiger partial charge in [0.25, 0.3) is 5.91 Å². The molecule has 146 valence electrons. The number of piperazine rings is 1. The number of hydrogen-bond acceptors (Lipinski definition) is 8. The van der Waals surface area contributed by atoms with Gasteiger partial charge >= 0.3 is 0 Å². The molecule has 3 aromatic rings. The molecule has 1 aliphatic rings. The molecular weight excluding hydrogens is 362 g/mol. The number of carbonyl (C=O) groups is 1. The van der Waals surface area contributed by atoms with Crippen LogP contribution in [0.4, 0.5) is 11.8 Å². The van der Waals surface area contributed by atoms with Crippen LogP contribution in [0.15, 0.2) is 34.9 Å². The first-order chi connectivity index (χ1) is 17.5. The van der Waals surface area contributed by atoms with Crippen LogP contribution in [0.2, 0.25) is 0 Å². The number of aromatic nitrogens is 2. The first-order valence-electron chi connectivity index (χ1n) is 12.8. The average molecular weight is 393 g/mol. The second-order valence-electron chi connectivity index (χ2n) is 5.35. The Balaban J connectivity index is 2.01. The van der Waals surface area contributed by atoms with Crippen LogP contribution in [-0.2, 0) is 0 Å². The number of nitrogens with zero attached hydrogens (tertiary/aromatic N) is 4. The maximum atomic E-state index is 13.0. The smallest absolute Gasteiger partial charge is 0.289 e. The average Bonchev–Trinajstić information content (AvgIpc) is 3.34. The van der Waals surface area contributed by atoms with Crippen LogP contribution in [0.1, 0.15) is 24.3 Å². The molecule has 4 rings (SSSR count). The number of fused-ring (bicyclic) bond motifs is 1. The van der Waals surface area contributed by atoms with E-state index in [9.17, 15) is 4.79 Å². The molecule has 0 saturated carbocycles. The minimum Gasteiger partial charge on any atom is -0.493 e. The molecule has 0 bridgehead atoms. The summed E-state index contributed by atoms with van der Waals surface area (Å²) in [5.74, 6) is -3.86. The molecule has 2 aromatic heterocycles. The lowest BCUT2D eigenvalue weighted by molar-refractivity contribution is 0.0714. The van der Waals surface area contributed by atoms with Gasteiger partial charge in [0.2, 0.25) is 5.95 Å². The van der Waals surface area contributed by atoms with E-state index in [0.29, 0.717) is 0 Å². The van der Waals surface area contributed by atoms with E-state index in [1.807, 2.05) is 0 Å².